The second-order valence-electron chi connectivity index (χ2n) is 4.15. The highest BCUT2D eigenvalue weighted by Gasteiger charge is 2.14. The molecule has 2 heterocycles. The predicted octanol–water partition coefficient (Wildman–Crippen LogP) is 0.854. The molecule has 0 radical (unpaired) electrons. The lowest BCUT2D eigenvalue weighted by atomic mass is 10.2. The van der Waals surface area contributed by atoms with Crippen LogP contribution in [-0.2, 0) is 4.74 Å². The number of nitrogens with one attached hydrogen (secondary N) is 2. The number of nitrogens with zero attached hydrogens (tertiary/aromatic N) is 2. The summed E-state index contributed by atoms with van der Waals surface area (Å²) in [5.41, 5.74) is 7.20. The molecular weight excluding hydrogens is 248 g/mol. The normalized spacial score (nSPS) is 17.3. The second kappa shape index (κ2) is 6.63. The third kappa shape index (κ3) is 3.63. The van der Waals surface area contributed by atoms with Gasteiger partial charge in [0.05, 0.1) is 24.9 Å². The zero-order chi connectivity index (χ0) is 12.8. The molecule has 1 unspecified atom stereocenters. The first kappa shape index (κ1) is 13.2. The van der Waals surface area contributed by atoms with Gasteiger partial charge in [-0.2, -0.15) is 0 Å². The number of hydrazine groups is 1. The lowest BCUT2D eigenvalue weighted by Gasteiger charge is -2.30. The first-order chi connectivity index (χ1) is 8.77. The number of hydrogen-bond donors (Lipinski definition) is 2. The molecule has 2 N–H and O–H groups in total. The fourth-order valence-electron chi connectivity index (χ4n) is 1.72. The van der Waals surface area contributed by atoms with E-state index in [0.29, 0.717) is 5.11 Å². The van der Waals surface area contributed by atoms with E-state index >= 15 is 0 Å². The Morgan fingerprint density at radius 1 is 1.44 bits per heavy atom. The molecule has 0 bridgehead atoms. The summed E-state index contributed by atoms with van der Waals surface area (Å²) in [4.78, 5) is 6.38. The van der Waals surface area contributed by atoms with Gasteiger partial charge in [-0.25, -0.2) is 5.43 Å². The van der Waals surface area contributed by atoms with Gasteiger partial charge >= 0.3 is 0 Å². The van der Waals surface area contributed by atoms with Gasteiger partial charge in [-0.05, 0) is 31.3 Å². The van der Waals surface area contributed by atoms with Gasteiger partial charge in [-0.3, -0.25) is 10.4 Å². The molecule has 1 atom stereocenters. The zero-order valence-corrected chi connectivity index (χ0v) is 11.2. The Kier molecular flexibility index (Phi) is 4.86. The number of morpholine rings is 1. The van der Waals surface area contributed by atoms with Gasteiger partial charge < -0.3 is 9.64 Å². The van der Waals surface area contributed by atoms with Gasteiger partial charge in [0.2, 0.25) is 0 Å². The van der Waals surface area contributed by atoms with Crippen LogP contribution in [-0.4, -0.2) is 41.3 Å². The minimum absolute atomic E-state index is 0.102. The number of ether oxygens (including phenoxy) is 1. The number of rotatable bonds is 3. The molecule has 1 fully saturated rings. The summed E-state index contributed by atoms with van der Waals surface area (Å²) in [7, 11) is 0. The van der Waals surface area contributed by atoms with Gasteiger partial charge in [0.25, 0.3) is 0 Å². The molecule has 6 heteroatoms. The molecule has 0 saturated carbocycles. The third-order valence-corrected chi connectivity index (χ3v) is 3.19. The van der Waals surface area contributed by atoms with Crippen molar-refractivity contribution in [3.8, 4) is 0 Å². The van der Waals surface area contributed by atoms with Crippen LogP contribution < -0.4 is 10.9 Å². The molecule has 1 aliphatic heterocycles. The van der Waals surface area contributed by atoms with E-state index < -0.39 is 0 Å². The molecule has 1 aliphatic rings. The summed E-state index contributed by atoms with van der Waals surface area (Å²) in [6.07, 6.45) is 1.79. The van der Waals surface area contributed by atoms with Crippen LogP contribution in [0.15, 0.2) is 24.4 Å². The Morgan fingerprint density at radius 2 is 2.22 bits per heavy atom. The summed E-state index contributed by atoms with van der Waals surface area (Å²) in [6, 6.07) is 5.96. The number of aromatic nitrogens is 1. The van der Waals surface area contributed by atoms with E-state index in [1.54, 1.807) is 6.20 Å². The minimum atomic E-state index is 0.102. The number of thiocarbonyl (C=S) groups is 1. The zero-order valence-electron chi connectivity index (χ0n) is 10.4. The van der Waals surface area contributed by atoms with E-state index in [1.165, 1.54) is 0 Å². The molecule has 2 rings (SSSR count). The van der Waals surface area contributed by atoms with E-state index in [0.717, 1.165) is 32.0 Å². The smallest absolute Gasteiger partial charge is 0.183 e. The largest absolute Gasteiger partial charge is 0.378 e. The summed E-state index contributed by atoms with van der Waals surface area (Å²) >= 11 is 5.32. The molecular formula is C12H18N4OS. The fourth-order valence-corrected chi connectivity index (χ4v) is 1.96. The molecule has 0 aliphatic carbocycles. The van der Waals surface area contributed by atoms with Gasteiger partial charge in [0, 0.05) is 19.3 Å². The first-order valence-electron chi connectivity index (χ1n) is 6.06. The van der Waals surface area contributed by atoms with E-state index in [9.17, 15) is 0 Å². The van der Waals surface area contributed by atoms with Crippen molar-refractivity contribution >= 4 is 17.3 Å². The van der Waals surface area contributed by atoms with Crippen molar-refractivity contribution in [3.63, 3.8) is 0 Å². The summed E-state index contributed by atoms with van der Waals surface area (Å²) in [6.45, 7) is 5.18. The molecule has 5 nitrogen and oxygen atoms in total. The van der Waals surface area contributed by atoms with Crippen LogP contribution in [0.25, 0.3) is 0 Å². The van der Waals surface area contributed by atoms with Crippen LogP contribution in [0.3, 0.4) is 0 Å². The molecule has 18 heavy (non-hydrogen) atoms. The molecule has 1 aromatic heterocycles. The van der Waals surface area contributed by atoms with Crippen LogP contribution in [0, 0.1) is 0 Å². The number of hydrogen-bond acceptors (Lipinski definition) is 4. The Labute approximate surface area is 113 Å². The standard InChI is InChI=1S/C12H18N4OS/c1-10(11-4-2-3-5-13-11)14-15-12(18)16-6-8-17-9-7-16/h2-5,10,14H,6-9H2,1H3,(H,15,18). The topological polar surface area (TPSA) is 49.4 Å². The van der Waals surface area contributed by atoms with Crippen molar-refractivity contribution < 1.29 is 4.74 Å². The lowest BCUT2D eigenvalue weighted by Crippen LogP contribution is -2.50. The van der Waals surface area contributed by atoms with Crippen molar-refractivity contribution in [2.75, 3.05) is 26.3 Å². The maximum Gasteiger partial charge on any atom is 0.183 e. The van der Waals surface area contributed by atoms with Crippen LogP contribution in [0.5, 0.6) is 0 Å². The quantitative estimate of drug-likeness (QED) is 0.625. The summed E-state index contributed by atoms with van der Waals surface area (Å²) in [5.74, 6) is 0. The van der Waals surface area contributed by atoms with Crippen molar-refractivity contribution in [2.24, 2.45) is 0 Å². The predicted molar refractivity (Wildman–Crippen MR) is 73.9 cm³/mol. The molecule has 1 aromatic rings. The molecule has 98 valence electrons. The van der Waals surface area contributed by atoms with Gasteiger partial charge in [-0.15, -0.1) is 0 Å². The van der Waals surface area contributed by atoms with Gasteiger partial charge in [-0.1, -0.05) is 6.07 Å². The molecule has 1 saturated heterocycles. The summed E-state index contributed by atoms with van der Waals surface area (Å²) < 4.78 is 5.29. The monoisotopic (exact) mass is 266 g/mol. The molecule has 0 amide bonds. The van der Waals surface area contributed by atoms with Gasteiger partial charge in [0.1, 0.15) is 0 Å². The van der Waals surface area contributed by atoms with Crippen LogP contribution in [0.2, 0.25) is 0 Å². The molecule has 0 spiro atoms. The third-order valence-electron chi connectivity index (χ3n) is 2.83. The van der Waals surface area contributed by atoms with Crippen LogP contribution in [0.4, 0.5) is 0 Å². The minimum Gasteiger partial charge on any atom is -0.378 e. The summed E-state index contributed by atoms with van der Waals surface area (Å²) in [5, 5.41) is 0.709. The maximum atomic E-state index is 5.32. The van der Waals surface area contributed by atoms with Crippen molar-refractivity contribution in [1.82, 2.24) is 20.7 Å². The first-order valence-corrected chi connectivity index (χ1v) is 6.47. The van der Waals surface area contributed by atoms with Gasteiger partial charge in [0.15, 0.2) is 5.11 Å². The molecule has 0 aromatic carbocycles. The average Bonchev–Trinajstić information content (AvgIpc) is 2.46. The fraction of sp³-hybridized carbons (Fsp3) is 0.500. The van der Waals surface area contributed by atoms with Crippen LogP contribution in [0.1, 0.15) is 18.7 Å². The lowest BCUT2D eigenvalue weighted by molar-refractivity contribution is 0.0672. The SMILES string of the molecule is CC(NNC(=S)N1CCOCC1)c1ccccn1. The highest BCUT2D eigenvalue weighted by molar-refractivity contribution is 7.80. The van der Waals surface area contributed by atoms with E-state index in [4.69, 9.17) is 17.0 Å². The Bertz CT molecular complexity index is 381. The highest BCUT2D eigenvalue weighted by atomic mass is 32.1. The second-order valence-corrected chi connectivity index (χ2v) is 4.54. The van der Waals surface area contributed by atoms with Crippen molar-refractivity contribution in [2.45, 2.75) is 13.0 Å². The maximum absolute atomic E-state index is 5.32. The van der Waals surface area contributed by atoms with E-state index in [-0.39, 0.29) is 6.04 Å². The van der Waals surface area contributed by atoms with E-state index in [1.807, 2.05) is 25.1 Å². The Balaban J connectivity index is 1.78. The Hall–Kier alpha value is -1.24. The van der Waals surface area contributed by atoms with Crippen molar-refractivity contribution in [3.05, 3.63) is 30.1 Å². The van der Waals surface area contributed by atoms with Crippen LogP contribution >= 0.6 is 12.2 Å². The Morgan fingerprint density at radius 3 is 2.89 bits per heavy atom. The number of pyridine rings is 1. The average molecular weight is 266 g/mol. The van der Waals surface area contributed by atoms with Crippen molar-refractivity contribution in [1.29, 1.82) is 0 Å². The van der Waals surface area contributed by atoms with E-state index in [2.05, 4.69) is 20.7 Å². The highest BCUT2D eigenvalue weighted by Crippen LogP contribution is 2.06.